The van der Waals surface area contributed by atoms with Gasteiger partial charge in [-0.3, -0.25) is 9.20 Å². The second-order valence-electron chi connectivity index (χ2n) is 5.63. The lowest BCUT2D eigenvalue weighted by Gasteiger charge is -2.08. The van der Waals surface area contributed by atoms with Gasteiger partial charge in [0.15, 0.2) is 0 Å². The van der Waals surface area contributed by atoms with Crippen molar-refractivity contribution in [3.63, 3.8) is 0 Å². The molecule has 0 unspecified atom stereocenters. The molecule has 3 aromatic rings. The number of rotatable bonds is 3. The third-order valence-electron chi connectivity index (χ3n) is 3.72. The Morgan fingerprint density at radius 2 is 2.00 bits per heavy atom. The monoisotopic (exact) mass is 336 g/mol. The van der Waals surface area contributed by atoms with Gasteiger partial charge in [0.25, 0.3) is 5.56 Å². The van der Waals surface area contributed by atoms with E-state index in [0.717, 1.165) is 16.8 Å². The topological polar surface area (TPSA) is 71.0 Å². The molecule has 0 aliphatic carbocycles. The third kappa shape index (κ3) is 3.03. The smallest absolute Gasteiger partial charge is 0.258 e. The molecule has 0 saturated carbocycles. The highest BCUT2D eigenvalue weighted by Gasteiger charge is 2.11. The van der Waals surface area contributed by atoms with Crippen LogP contribution in [0.3, 0.4) is 0 Å². The number of hydrogen-bond acceptors (Lipinski definition) is 5. The number of aromatic nitrogens is 3. The predicted molar refractivity (Wildman–Crippen MR) is 94.2 cm³/mol. The maximum absolute atomic E-state index is 12.2. The van der Waals surface area contributed by atoms with Crippen molar-refractivity contribution in [3.8, 4) is 6.07 Å². The SMILES string of the molecule is Cc1cc(C)c(C#N)c(SCc2cc(=O)n3cccc(C)c3n2)n1. The van der Waals surface area contributed by atoms with Gasteiger partial charge in [0.1, 0.15) is 16.7 Å². The minimum Gasteiger partial charge on any atom is -0.269 e. The Hall–Kier alpha value is -2.65. The molecule has 24 heavy (non-hydrogen) atoms. The average Bonchev–Trinajstić information content (AvgIpc) is 2.53. The summed E-state index contributed by atoms with van der Waals surface area (Å²) >= 11 is 1.43. The summed E-state index contributed by atoms with van der Waals surface area (Å²) in [5.74, 6) is 0.491. The molecule has 0 aliphatic rings. The Balaban J connectivity index is 1.96. The number of hydrogen-bond donors (Lipinski definition) is 0. The van der Waals surface area contributed by atoms with Crippen LogP contribution >= 0.6 is 11.8 Å². The van der Waals surface area contributed by atoms with Crippen molar-refractivity contribution >= 4 is 17.4 Å². The van der Waals surface area contributed by atoms with Gasteiger partial charge in [-0.2, -0.15) is 5.26 Å². The average molecular weight is 336 g/mol. The van der Waals surface area contributed by atoms with Gasteiger partial charge < -0.3 is 0 Å². The van der Waals surface area contributed by atoms with E-state index in [9.17, 15) is 10.1 Å². The van der Waals surface area contributed by atoms with Crippen LogP contribution in [0.15, 0.2) is 40.3 Å². The van der Waals surface area contributed by atoms with Gasteiger partial charge in [0, 0.05) is 23.7 Å². The van der Waals surface area contributed by atoms with E-state index >= 15 is 0 Å². The molecule has 6 heteroatoms. The molecule has 3 heterocycles. The molecule has 5 nitrogen and oxygen atoms in total. The molecular formula is C18H16N4OS. The molecule has 120 valence electrons. The maximum atomic E-state index is 12.2. The minimum absolute atomic E-state index is 0.104. The molecule has 0 N–H and O–H groups in total. The molecule has 0 saturated heterocycles. The van der Waals surface area contributed by atoms with Gasteiger partial charge in [-0.1, -0.05) is 17.8 Å². The highest BCUT2D eigenvalue weighted by atomic mass is 32.2. The van der Waals surface area contributed by atoms with Crippen LogP contribution in [-0.4, -0.2) is 14.4 Å². The molecular weight excluding hydrogens is 320 g/mol. The molecule has 3 aromatic heterocycles. The molecule has 0 bridgehead atoms. The zero-order valence-electron chi connectivity index (χ0n) is 13.7. The Labute approximate surface area is 144 Å². The van der Waals surface area contributed by atoms with Gasteiger partial charge in [-0.05, 0) is 44.0 Å². The van der Waals surface area contributed by atoms with Crippen LogP contribution in [0.2, 0.25) is 0 Å². The zero-order valence-corrected chi connectivity index (χ0v) is 14.5. The van der Waals surface area contributed by atoms with Gasteiger partial charge >= 0.3 is 0 Å². The van der Waals surface area contributed by atoms with E-state index < -0.39 is 0 Å². The van der Waals surface area contributed by atoms with Gasteiger partial charge in [-0.15, -0.1) is 0 Å². The highest BCUT2D eigenvalue weighted by Crippen LogP contribution is 2.26. The molecule has 0 fully saturated rings. The van der Waals surface area contributed by atoms with Crippen molar-refractivity contribution in [1.29, 1.82) is 5.26 Å². The molecule has 0 spiro atoms. The first kappa shape index (κ1) is 16.2. The quantitative estimate of drug-likeness (QED) is 0.687. The fourth-order valence-corrected chi connectivity index (χ4v) is 3.56. The fraction of sp³-hybridized carbons (Fsp3) is 0.222. The molecule has 0 amide bonds. The Kier molecular flexibility index (Phi) is 4.36. The van der Waals surface area contributed by atoms with Crippen molar-refractivity contribution in [2.24, 2.45) is 0 Å². The summed E-state index contributed by atoms with van der Waals surface area (Å²) in [6.07, 6.45) is 1.72. The lowest BCUT2D eigenvalue weighted by molar-refractivity contribution is 0.994. The summed E-state index contributed by atoms with van der Waals surface area (Å²) < 4.78 is 1.54. The first-order valence-electron chi connectivity index (χ1n) is 7.48. The molecule has 0 aliphatic heterocycles. The maximum Gasteiger partial charge on any atom is 0.258 e. The summed E-state index contributed by atoms with van der Waals surface area (Å²) in [5, 5.41) is 10.0. The van der Waals surface area contributed by atoms with Crippen LogP contribution in [-0.2, 0) is 5.75 Å². The minimum atomic E-state index is -0.104. The van der Waals surface area contributed by atoms with Gasteiger partial charge in [-0.25, -0.2) is 9.97 Å². The van der Waals surface area contributed by atoms with Crippen LogP contribution in [0.1, 0.15) is 28.1 Å². The van der Waals surface area contributed by atoms with E-state index in [1.807, 2.05) is 39.0 Å². The summed E-state index contributed by atoms with van der Waals surface area (Å²) in [6.45, 7) is 5.74. The Bertz CT molecular complexity index is 1030. The van der Waals surface area contributed by atoms with E-state index in [1.165, 1.54) is 17.8 Å². The standard InChI is InChI=1S/C18H16N4OS/c1-11-5-4-6-22-16(23)8-14(21-17(11)22)10-24-18-15(9-19)12(2)7-13(3)20-18/h4-8H,10H2,1-3H3. The first-order chi connectivity index (χ1) is 11.5. The van der Waals surface area contributed by atoms with Crippen LogP contribution in [0, 0.1) is 32.1 Å². The fourth-order valence-electron chi connectivity index (χ4n) is 2.57. The van der Waals surface area contributed by atoms with Crippen molar-refractivity contribution in [3.05, 3.63) is 68.9 Å². The van der Waals surface area contributed by atoms with Crippen molar-refractivity contribution in [2.45, 2.75) is 31.6 Å². The van der Waals surface area contributed by atoms with E-state index in [4.69, 9.17) is 0 Å². The van der Waals surface area contributed by atoms with Gasteiger partial charge in [0.2, 0.25) is 0 Å². The molecule has 0 aromatic carbocycles. The van der Waals surface area contributed by atoms with Crippen LogP contribution in [0.4, 0.5) is 0 Å². The second-order valence-corrected chi connectivity index (χ2v) is 6.60. The largest absolute Gasteiger partial charge is 0.269 e. The van der Waals surface area contributed by atoms with Crippen molar-refractivity contribution in [2.75, 3.05) is 0 Å². The molecule has 0 atom stereocenters. The summed E-state index contributed by atoms with van der Waals surface area (Å²) in [4.78, 5) is 21.3. The number of nitrogens with zero attached hydrogens (tertiary/aromatic N) is 4. The number of fused-ring (bicyclic) bond motifs is 1. The van der Waals surface area contributed by atoms with Crippen LogP contribution in [0.25, 0.3) is 5.65 Å². The zero-order chi connectivity index (χ0) is 17.3. The Morgan fingerprint density at radius 3 is 2.75 bits per heavy atom. The lowest BCUT2D eigenvalue weighted by Crippen LogP contribution is -2.15. The number of aryl methyl sites for hydroxylation is 3. The lowest BCUT2D eigenvalue weighted by atomic mass is 10.1. The third-order valence-corrected chi connectivity index (χ3v) is 4.73. The number of thioether (sulfide) groups is 1. The van der Waals surface area contributed by atoms with Crippen LogP contribution in [0.5, 0.6) is 0 Å². The summed E-state index contributed by atoms with van der Waals surface area (Å²) in [7, 11) is 0. The summed E-state index contributed by atoms with van der Waals surface area (Å²) in [5.41, 5.74) is 4.56. The van der Waals surface area contributed by atoms with Crippen LogP contribution < -0.4 is 5.56 Å². The molecule has 3 rings (SSSR count). The normalized spacial score (nSPS) is 10.8. The Morgan fingerprint density at radius 1 is 1.21 bits per heavy atom. The predicted octanol–water partition coefficient (Wildman–Crippen LogP) is 3.18. The number of nitriles is 1. The number of pyridine rings is 2. The second kappa shape index (κ2) is 6.46. The van der Waals surface area contributed by atoms with E-state index in [1.54, 1.807) is 10.6 Å². The van der Waals surface area contributed by atoms with Crippen molar-refractivity contribution < 1.29 is 0 Å². The van der Waals surface area contributed by atoms with Gasteiger partial charge in [0.05, 0.1) is 11.3 Å². The van der Waals surface area contributed by atoms with Crippen molar-refractivity contribution in [1.82, 2.24) is 14.4 Å². The van der Waals surface area contributed by atoms with E-state index in [-0.39, 0.29) is 5.56 Å². The van der Waals surface area contributed by atoms with E-state index in [2.05, 4.69) is 16.0 Å². The highest BCUT2D eigenvalue weighted by molar-refractivity contribution is 7.98. The molecule has 0 radical (unpaired) electrons. The summed E-state index contributed by atoms with van der Waals surface area (Å²) in [6, 6.07) is 9.40. The van der Waals surface area contributed by atoms with E-state index in [0.29, 0.717) is 27.7 Å². The first-order valence-corrected chi connectivity index (χ1v) is 8.47.